The number of hydrazine groups is 1. The first kappa shape index (κ1) is 22.5. The molecule has 162 valence electrons. The van der Waals surface area contributed by atoms with Gasteiger partial charge in [-0.3, -0.25) is 15.0 Å². The first-order valence-corrected chi connectivity index (χ1v) is 9.19. The highest BCUT2D eigenvalue weighted by Gasteiger charge is 2.36. The molecule has 3 aromatic rings. The Morgan fingerprint density at radius 1 is 1.16 bits per heavy atom. The lowest BCUT2D eigenvalue weighted by Gasteiger charge is -2.14. The van der Waals surface area contributed by atoms with Gasteiger partial charge in [-0.15, -0.1) is 0 Å². The van der Waals surface area contributed by atoms with E-state index in [4.69, 9.17) is 29.0 Å². The quantitative estimate of drug-likeness (QED) is 0.303. The number of nitrogens with zero attached hydrogens (tertiary/aromatic N) is 3. The first-order chi connectivity index (χ1) is 14.5. The Bertz CT molecular complexity index is 1180. The largest absolute Gasteiger partial charge is 0.435 e. The molecule has 0 aliphatic rings. The van der Waals surface area contributed by atoms with Crippen LogP contribution in [0.2, 0.25) is 10.0 Å². The number of pyridine rings is 1. The number of hydrogen-bond acceptors (Lipinski definition) is 5. The Balaban J connectivity index is 2.12. The second-order valence-corrected chi connectivity index (χ2v) is 7.05. The van der Waals surface area contributed by atoms with Crippen molar-refractivity contribution in [2.75, 3.05) is 5.32 Å². The number of nitrogens with one attached hydrogen (secondary N) is 2. The minimum absolute atomic E-state index is 0.00535. The number of benzene rings is 1. The van der Waals surface area contributed by atoms with E-state index in [1.54, 1.807) is 6.92 Å². The van der Waals surface area contributed by atoms with Crippen LogP contribution in [0.1, 0.15) is 32.1 Å². The maximum absolute atomic E-state index is 13.3. The molecule has 4 N–H and O–H groups in total. The normalized spacial score (nSPS) is 11.3. The Hall–Kier alpha value is -3.15. The van der Waals surface area contributed by atoms with Crippen LogP contribution >= 0.6 is 23.2 Å². The molecule has 0 spiro atoms. The zero-order valence-electron chi connectivity index (χ0n) is 15.6. The Labute approximate surface area is 183 Å². The molecule has 8 nitrogen and oxygen atoms in total. The van der Waals surface area contributed by atoms with Gasteiger partial charge in [0.2, 0.25) is 0 Å². The summed E-state index contributed by atoms with van der Waals surface area (Å²) in [6.45, 7) is 1.54. The number of nitrogen functional groups attached to an aromatic ring is 1. The number of aryl methyl sites for hydroxylation is 1. The molecule has 31 heavy (non-hydrogen) atoms. The van der Waals surface area contributed by atoms with Crippen LogP contribution in [0.5, 0.6) is 0 Å². The number of carbonyl (C=O) groups excluding carboxylic acids is 2. The van der Waals surface area contributed by atoms with E-state index in [0.717, 1.165) is 0 Å². The Kier molecular flexibility index (Phi) is 6.20. The number of aromatic nitrogens is 3. The third-order valence-electron chi connectivity index (χ3n) is 4.09. The van der Waals surface area contributed by atoms with Gasteiger partial charge in [0.25, 0.3) is 11.8 Å². The van der Waals surface area contributed by atoms with Crippen LogP contribution < -0.4 is 16.6 Å². The smallest absolute Gasteiger partial charge is 0.320 e. The summed E-state index contributed by atoms with van der Waals surface area (Å²) in [6.07, 6.45) is -3.55. The fraction of sp³-hybridized carbons (Fsp3) is 0.111. The SMILES string of the molecule is Cc1cc(Cl)cc(C(=O)NN)c1NC(=O)c1cc(C(F)(F)F)nn1-c1ncccc1Cl. The summed E-state index contributed by atoms with van der Waals surface area (Å²) >= 11 is 12.0. The number of hydrogen-bond donors (Lipinski definition) is 3. The van der Waals surface area contributed by atoms with Gasteiger partial charge in [0.15, 0.2) is 11.5 Å². The summed E-state index contributed by atoms with van der Waals surface area (Å²) < 4.78 is 40.5. The molecule has 3 rings (SSSR count). The van der Waals surface area contributed by atoms with E-state index in [0.29, 0.717) is 16.3 Å². The van der Waals surface area contributed by atoms with Gasteiger partial charge in [0, 0.05) is 17.3 Å². The number of nitrogens with two attached hydrogens (primary N) is 1. The van der Waals surface area contributed by atoms with Crippen LogP contribution in [-0.2, 0) is 6.18 Å². The molecule has 0 bridgehead atoms. The number of alkyl halides is 3. The van der Waals surface area contributed by atoms with E-state index in [9.17, 15) is 22.8 Å². The van der Waals surface area contributed by atoms with Crippen molar-refractivity contribution in [3.05, 3.63) is 69.1 Å². The Morgan fingerprint density at radius 3 is 2.48 bits per heavy atom. The molecule has 0 radical (unpaired) electrons. The minimum atomic E-state index is -4.83. The van der Waals surface area contributed by atoms with E-state index in [2.05, 4.69) is 15.4 Å². The molecular weight excluding hydrogens is 460 g/mol. The second-order valence-electron chi connectivity index (χ2n) is 6.21. The zero-order valence-corrected chi connectivity index (χ0v) is 17.1. The van der Waals surface area contributed by atoms with Crippen molar-refractivity contribution in [1.29, 1.82) is 0 Å². The van der Waals surface area contributed by atoms with Crippen LogP contribution in [0.25, 0.3) is 5.82 Å². The lowest BCUT2D eigenvalue weighted by Crippen LogP contribution is -2.31. The number of rotatable bonds is 4. The Morgan fingerprint density at radius 2 is 1.87 bits per heavy atom. The van der Waals surface area contributed by atoms with Gasteiger partial charge in [-0.05, 0) is 36.8 Å². The van der Waals surface area contributed by atoms with Crippen LogP contribution in [0.15, 0.2) is 36.5 Å². The van der Waals surface area contributed by atoms with E-state index >= 15 is 0 Å². The lowest BCUT2D eigenvalue weighted by molar-refractivity contribution is -0.141. The van der Waals surface area contributed by atoms with Gasteiger partial charge in [0.05, 0.1) is 16.3 Å². The molecule has 0 saturated heterocycles. The summed E-state index contributed by atoms with van der Waals surface area (Å²) in [6, 6.07) is 6.11. The summed E-state index contributed by atoms with van der Waals surface area (Å²) in [5.74, 6) is 3.22. The zero-order chi connectivity index (χ0) is 22.9. The minimum Gasteiger partial charge on any atom is -0.320 e. The van der Waals surface area contributed by atoms with Gasteiger partial charge < -0.3 is 5.32 Å². The van der Waals surface area contributed by atoms with Crippen molar-refractivity contribution in [3.8, 4) is 5.82 Å². The standard InChI is InChI=1S/C18H13Cl2F3N6O2/c1-8-5-9(19)6-10(16(30)27-24)14(8)26-17(31)12-7-13(18(21,22)23)28-29(12)15-11(20)3-2-4-25-15/h2-7H,24H2,1H3,(H,26,31)(H,27,30). The molecule has 0 aliphatic heterocycles. The molecule has 0 fully saturated rings. The molecule has 1 aromatic carbocycles. The van der Waals surface area contributed by atoms with Crippen LogP contribution in [-0.4, -0.2) is 26.6 Å². The first-order valence-electron chi connectivity index (χ1n) is 8.43. The number of halogens is 5. The van der Waals surface area contributed by atoms with Gasteiger partial charge in [-0.25, -0.2) is 15.5 Å². The molecule has 2 amide bonds. The maximum Gasteiger partial charge on any atom is 0.435 e. The monoisotopic (exact) mass is 472 g/mol. The van der Waals surface area contributed by atoms with Crippen molar-refractivity contribution >= 4 is 40.7 Å². The van der Waals surface area contributed by atoms with E-state index in [1.807, 2.05) is 5.43 Å². The molecule has 0 aliphatic carbocycles. The highest BCUT2D eigenvalue weighted by Crippen LogP contribution is 2.31. The predicted octanol–water partition coefficient (Wildman–Crippen LogP) is 3.76. The predicted molar refractivity (Wildman–Crippen MR) is 107 cm³/mol. The molecule has 0 atom stereocenters. The van der Waals surface area contributed by atoms with Crippen LogP contribution in [0.3, 0.4) is 0 Å². The van der Waals surface area contributed by atoms with Crippen LogP contribution in [0, 0.1) is 6.92 Å². The topological polar surface area (TPSA) is 115 Å². The van der Waals surface area contributed by atoms with Crippen LogP contribution in [0.4, 0.5) is 18.9 Å². The summed E-state index contributed by atoms with van der Waals surface area (Å²) in [5, 5.41) is 6.03. The third kappa shape index (κ3) is 4.63. The number of amides is 2. The molecular formula is C18H13Cl2F3N6O2. The fourth-order valence-electron chi connectivity index (χ4n) is 2.72. The molecule has 2 aromatic heterocycles. The molecule has 0 unspecified atom stereocenters. The van der Waals surface area contributed by atoms with Crippen molar-refractivity contribution in [2.45, 2.75) is 13.1 Å². The van der Waals surface area contributed by atoms with Crippen molar-refractivity contribution in [2.24, 2.45) is 5.84 Å². The second kappa shape index (κ2) is 8.53. The highest BCUT2D eigenvalue weighted by atomic mass is 35.5. The molecule has 0 saturated carbocycles. The summed E-state index contributed by atoms with van der Waals surface area (Å²) in [4.78, 5) is 28.9. The van der Waals surface area contributed by atoms with Crippen molar-refractivity contribution in [3.63, 3.8) is 0 Å². The van der Waals surface area contributed by atoms with E-state index in [1.165, 1.54) is 30.5 Å². The number of carbonyl (C=O) groups is 2. The van der Waals surface area contributed by atoms with Crippen molar-refractivity contribution in [1.82, 2.24) is 20.2 Å². The highest BCUT2D eigenvalue weighted by molar-refractivity contribution is 6.32. The van der Waals surface area contributed by atoms with Gasteiger partial charge in [0.1, 0.15) is 5.69 Å². The van der Waals surface area contributed by atoms with Gasteiger partial charge >= 0.3 is 6.18 Å². The average Bonchev–Trinajstić information content (AvgIpc) is 3.15. The third-order valence-corrected chi connectivity index (χ3v) is 4.60. The number of anilines is 1. The molecule has 2 heterocycles. The molecule has 13 heteroatoms. The lowest BCUT2D eigenvalue weighted by atomic mass is 10.1. The average molecular weight is 473 g/mol. The van der Waals surface area contributed by atoms with Gasteiger partial charge in [-0.2, -0.15) is 18.3 Å². The van der Waals surface area contributed by atoms with E-state index < -0.39 is 29.4 Å². The van der Waals surface area contributed by atoms with Gasteiger partial charge in [-0.1, -0.05) is 23.2 Å². The summed E-state index contributed by atoms with van der Waals surface area (Å²) in [5.41, 5.74) is 0.369. The van der Waals surface area contributed by atoms with E-state index in [-0.39, 0.29) is 27.1 Å². The van der Waals surface area contributed by atoms with Crippen molar-refractivity contribution < 1.29 is 22.8 Å². The fourth-order valence-corrected chi connectivity index (χ4v) is 3.19. The maximum atomic E-state index is 13.3. The summed E-state index contributed by atoms with van der Waals surface area (Å²) in [7, 11) is 0.